The molecule has 5 aromatic rings. The van der Waals surface area contributed by atoms with Crippen LogP contribution in [0.3, 0.4) is 0 Å². The molecule has 7 heteroatoms. The SMILES string of the molecule is Cc1ccc(C=Nn2c(-c3cc4ccccc4o3)csc2=Nc2cccnc2)s1. The molecule has 0 amide bonds. The van der Waals surface area contributed by atoms with Crippen molar-refractivity contribution in [3.8, 4) is 11.5 Å². The summed E-state index contributed by atoms with van der Waals surface area (Å²) in [6, 6.07) is 18.0. The number of thiophene rings is 1. The first-order chi connectivity index (χ1) is 14.3. The Morgan fingerprint density at radius 3 is 2.83 bits per heavy atom. The van der Waals surface area contributed by atoms with Crippen molar-refractivity contribution in [2.24, 2.45) is 10.1 Å². The van der Waals surface area contributed by atoms with Gasteiger partial charge in [-0.2, -0.15) is 5.10 Å². The number of furan rings is 1. The molecule has 0 saturated heterocycles. The van der Waals surface area contributed by atoms with E-state index in [0.29, 0.717) is 0 Å². The highest BCUT2D eigenvalue weighted by atomic mass is 32.1. The van der Waals surface area contributed by atoms with Crippen molar-refractivity contribution in [2.45, 2.75) is 6.92 Å². The molecule has 0 fully saturated rings. The number of pyridine rings is 1. The second kappa shape index (κ2) is 7.62. The molecule has 0 radical (unpaired) electrons. The van der Waals surface area contributed by atoms with Crippen molar-refractivity contribution < 1.29 is 4.42 Å². The number of aryl methyl sites for hydroxylation is 1. The van der Waals surface area contributed by atoms with Gasteiger partial charge in [0.15, 0.2) is 5.76 Å². The van der Waals surface area contributed by atoms with Gasteiger partial charge in [0, 0.05) is 26.7 Å². The van der Waals surface area contributed by atoms with Crippen molar-refractivity contribution in [3.63, 3.8) is 0 Å². The van der Waals surface area contributed by atoms with E-state index in [4.69, 9.17) is 14.5 Å². The summed E-state index contributed by atoms with van der Waals surface area (Å²) < 4.78 is 7.90. The average Bonchev–Trinajstić information content (AvgIpc) is 3.45. The summed E-state index contributed by atoms with van der Waals surface area (Å²) in [5.74, 6) is 0.759. The number of nitrogens with zero attached hydrogens (tertiary/aromatic N) is 4. The highest BCUT2D eigenvalue weighted by Crippen LogP contribution is 2.28. The predicted octanol–water partition coefficient (Wildman–Crippen LogP) is 5.84. The van der Waals surface area contributed by atoms with Gasteiger partial charge >= 0.3 is 0 Å². The molecule has 0 aliphatic rings. The van der Waals surface area contributed by atoms with Crippen LogP contribution in [0.4, 0.5) is 5.69 Å². The first kappa shape index (κ1) is 17.8. The molecule has 0 unspecified atom stereocenters. The summed E-state index contributed by atoms with van der Waals surface area (Å²) in [4.78, 5) is 12.0. The molecule has 0 aliphatic carbocycles. The van der Waals surface area contributed by atoms with Crippen molar-refractivity contribution >= 4 is 45.5 Å². The molecular formula is C22H16N4OS2. The van der Waals surface area contributed by atoms with Crippen LogP contribution in [0, 0.1) is 6.92 Å². The van der Waals surface area contributed by atoms with Crippen molar-refractivity contribution in [1.29, 1.82) is 0 Å². The third kappa shape index (κ3) is 3.70. The van der Waals surface area contributed by atoms with Gasteiger partial charge in [0.05, 0.1) is 18.1 Å². The fourth-order valence-corrected chi connectivity index (χ4v) is 4.52. The maximum absolute atomic E-state index is 6.07. The topological polar surface area (TPSA) is 55.7 Å². The first-order valence-corrected chi connectivity index (χ1v) is 10.7. The van der Waals surface area contributed by atoms with Crippen LogP contribution in [0.2, 0.25) is 0 Å². The molecule has 29 heavy (non-hydrogen) atoms. The molecule has 142 valence electrons. The lowest BCUT2D eigenvalue weighted by atomic mass is 10.2. The van der Waals surface area contributed by atoms with Crippen LogP contribution in [0.5, 0.6) is 0 Å². The minimum Gasteiger partial charge on any atom is -0.454 e. The van der Waals surface area contributed by atoms with E-state index in [1.54, 1.807) is 23.7 Å². The number of thiazole rings is 1. The van der Waals surface area contributed by atoms with Crippen molar-refractivity contribution in [1.82, 2.24) is 9.66 Å². The average molecular weight is 417 g/mol. The van der Waals surface area contributed by atoms with E-state index in [2.05, 4.69) is 24.0 Å². The molecule has 5 rings (SSSR count). The van der Waals surface area contributed by atoms with E-state index >= 15 is 0 Å². The number of hydrogen-bond acceptors (Lipinski definition) is 6. The lowest BCUT2D eigenvalue weighted by molar-refractivity contribution is 0.622. The third-order valence-corrected chi connectivity index (χ3v) is 6.05. The molecule has 0 N–H and O–H groups in total. The Morgan fingerprint density at radius 2 is 2.03 bits per heavy atom. The normalized spacial score (nSPS) is 12.4. The monoisotopic (exact) mass is 416 g/mol. The largest absolute Gasteiger partial charge is 0.454 e. The second-order valence-electron chi connectivity index (χ2n) is 6.38. The van der Waals surface area contributed by atoms with Crippen LogP contribution < -0.4 is 4.80 Å². The Bertz CT molecular complexity index is 1340. The number of rotatable bonds is 4. The molecule has 4 heterocycles. The Balaban J connectivity index is 1.66. The fraction of sp³-hybridized carbons (Fsp3) is 0.0455. The van der Waals surface area contributed by atoms with Gasteiger partial charge in [0.25, 0.3) is 0 Å². The summed E-state index contributed by atoms with van der Waals surface area (Å²) in [7, 11) is 0. The van der Waals surface area contributed by atoms with E-state index < -0.39 is 0 Å². The summed E-state index contributed by atoms with van der Waals surface area (Å²) in [6.45, 7) is 2.09. The van der Waals surface area contributed by atoms with Gasteiger partial charge in [0.2, 0.25) is 4.80 Å². The zero-order chi connectivity index (χ0) is 19.6. The molecule has 4 aromatic heterocycles. The number of aromatic nitrogens is 2. The highest BCUT2D eigenvalue weighted by molar-refractivity contribution is 7.13. The second-order valence-corrected chi connectivity index (χ2v) is 8.54. The highest BCUT2D eigenvalue weighted by Gasteiger charge is 2.13. The van der Waals surface area contributed by atoms with E-state index in [1.807, 2.05) is 58.7 Å². The maximum atomic E-state index is 6.07. The van der Waals surface area contributed by atoms with Crippen LogP contribution in [0.15, 0.2) is 86.9 Å². The van der Waals surface area contributed by atoms with Gasteiger partial charge in [-0.1, -0.05) is 18.2 Å². The molecule has 5 nitrogen and oxygen atoms in total. The van der Waals surface area contributed by atoms with Crippen LogP contribution in [0.25, 0.3) is 22.4 Å². The Hall–Kier alpha value is -3.29. The summed E-state index contributed by atoms with van der Waals surface area (Å²) in [5.41, 5.74) is 2.49. The Labute approximate surface area is 174 Å². The van der Waals surface area contributed by atoms with E-state index in [0.717, 1.165) is 37.8 Å². The summed E-state index contributed by atoms with van der Waals surface area (Å²) in [6.07, 6.45) is 5.33. The number of benzene rings is 1. The summed E-state index contributed by atoms with van der Waals surface area (Å²) >= 11 is 3.22. The lowest BCUT2D eigenvalue weighted by Crippen LogP contribution is -2.11. The summed E-state index contributed by atoms with van der Waals surface area (Å²) in [5, 5.41) is 7.81. The smallest absolute Gasteiger partial charge is 0.211 e. The molecule has 0 spiro atoms. The third-order valence-electron chi connectivity index (χ3n) is 4.30. The molecular weight excluding hydrogens is 400 g/mol. The van der Waals surface area contributed by atoms with Gasteiger partial charge in [0.1, 0.15) is 11.3 Å². The van der Waals surface area contributed by atoms with Crippen molar-refractivity contribution in [3.05, 3.63) is 86.9 Å². The Kier molecular flexibility index (Phi) is 4.67. The van der Waals surface area contributed by atoms with Crippen LogP contribution in [-0.2, 0) is 0 Å². The van der Waals surface area contributed by atoms with Gasteiger partial charge < -0.3 is 4.42 Å². The minimum absolute atomic E-state index is 0.748. The van der Waals surface area contributed by atoms with Gasteiger partial charge in [-0.15, -0.1) is 22.7 Å². The molecule has 0 aliphatic heterocycles. The van der Waals surface area contributed by atoms with E-state index in [1.165, 1.54) is 16.2 Å². The predicted molar refractivity (Wildman–Crippen MR) is 119 cm³/mol. The molecule has 0 saturated carbocycles. The fourth-order valence-electron chi connectivity index (χ4n) is 2.94. The Morgan fingerprint density at radius 1 is 1.10 bits per heavy atom. The number of hydrogen-bond donors (Lipinski definition) is 0. The maximum Gasteiger partial charge on any atom is 0.211 e. The molecule has 0 bridgehead atoms. The van der Waals surface area contributed by atoms with Crippen LogP contribution in [-0.4, -0.2) is 15.9 Å². The molecule has 1 aromatic carbocycles. The van der Waals surface area contributed by atoms with E-state index in [9.17, 15) is 0 Å². The van der Waals surface area contributed by atoms with Crippen molar-refractivity contribution in [2.75, 3.05) is 0 Å². The van der Waals surface area contributed by atoms with E-state index in [-0.39, 0.29) is 0 Å². The van der Waals surface area contributed by atoms with Gasteiger partial charge in [-0.05, 0) is 43.3 Å². The first-order valence-electron chi connectivity index (χ1n) is 9.01. The number of para-hydroxylation sites is 1. The zero-order valence-electron chi connectivity index (χ0n) is 15.5. The zero-order valence-corrected chi connectivity index (χ0v) is 17.2. The van der Waals surface area contributed by atoms with Gasteiger partial charge in [-0.3, -0.25) is 4.98 Å². The standard InChI is InChI=1S/C22H16N4OS2/c1-15-8-9-18(29-15)13-24-26-19(21-11-16-5-2-3-7-20(16)27-21)14-28-22(26)25-17-6-4-10-23-12-17/h2-14H,1H3. The van der Waals surface area contributed by atoms with Crippen LogP contribution >= 0.6 is 22.7 Å². The minimum atomic E-state index is 0.748. The van der Waals surface area contributed by atoms with Crippen LogP contribution in [0.1, 0.15) is 9.75 Å². The molecule has 0 atom stereocenters. The lowest BCUT2D eigenvalue weighted by Gasteiger charge is -2.00. The quantitative estimate of drug-likeness (QED) is 0.346. The number of fused-ring (bicyclic) bond motifs is 1. The van der Waals surface area contributed by atoms with Gasteiger partial charge in [-0.25, -0.2) is 9.67 Å².